The average molecular weight is 517 g/mol. The van der Waals surface area contributed by atoms with Crippen molar-refractivity contribution in [1.29, 1.82) is 0 Å². The average Bonchev–Trinajstić information content (AvgIpc) is 3.29. The first-order valence-corrected chi connectivity index (χ1v) is 14.3. The Bertz CT molecular complexity index is 1090. The summed E-state index contributed by atoms with van der Waals surface area (Å²) in [5.41, 5.74) is 2.25. The minimum atomic E-state index is -3.60. The van der Waals surface area contributed by atoms with Gasteiger partial charge < -0.3 is 19.5 Å². The van der Waals surface area contributed by atoms with E-state index < -0.39 is 28.2 Å². The van der Waals surface area contributed by atoms with Crippen LogP contribution in [0, 0.1) is 0 Å². The standard InChI is InChI=1S/C27H36N2O6S/c1-34-23-11-7-20(8-12-23)16-18-36(32,33)28-25-15-17-29(27(30)31)26(25)19-35-24-13-9-22(10-14-24)21-5-3-2-4-6-21/h2-8,11-12,22,24-26,28H,9-10,13-19H2,1H3,(H,30,31)/t22-,24+,25-,26-/m1/s1. The second-order valence-electron chi connectivity index (χ2n) is 9.69. The van der Waals surface area contributed by atoms with E-state index in [1.807, 2.05) is 18.2 Å². The first-order valence-electron chi connectivity index (χ1n) is 12.6. The number of ether oxygens (including phenoxy) is 2. The number of hydrogen-bond donors (Lipinski definition) is 2. The number of amides is 1. The highest BCUT2D eigenvalue weighted by Crippen LogP contribution is 2.34. The van der Waals surface area contributed by atoms with E-state index in [0.717, 1.165) is 37.0 Å². The van der Waals surface area contributed by atoms with Crippen LogP contribution in [0.25, 0.3) is 0 Å². The molecule has 0 bridgehead atoms. The molecule has 2 fully saturated rings. The fraction of sp³-hybridized carbons (Fsp3) is 0.519. The van der Waals surface area contributed by atoms with Crippen LogP contribution in [0.3, 0.4) is 0 Å². The molecular formula is C27H36N2O6S. The van der Waals surface area contributed by atoms with Gasteiger partial charge in [-0.1, -0.05) is 42.5 Å². The Kier molecular flexibility index (Phi) is 8.87. The summed E-state index contributed by atoms with van der Waals surface area (Å²) < 4.78 is 39.8. The first-order chi connectivity index (χ1) is 17.3. The van der Waals surface area contributed by atoms with E-state index in [4.69, 9.17) is 9.47 Å². The highest BCUT2D eigenvalue weighted by molar-refractivity contribution is 7.89. The van der Waals surface area contributed by atoms with Crippen molar-refractivity contribution in [2.24, 2.45) is 0 Å². The maximum Gasteiger partial charge on any atom is 0.407 e. The van der Waals surface area contributed by atoms with Crippen LogP contribution in [0.15, 0.2) is 54.6 Å². The van der Waals surface area contributed by atoms with Gasteiger partial charge in [-0.25, -0.2) is 17.9 Å². The Morgan fingerprint density at radius 3 is 2.36 bits per heavy atom. The summed E-state index contributed by atoms with van der Waals surface area (Å²) in [5.74, 6) is 1.18. The zero-order chi connectivity index (χ0) is 25.5. The number of carbonyl (C=O) groups is 1. The lowest BCUT2D eigenvalue weighted by atomic mass is 9.83. The summed E-state index contributed by atoms with van der Waals surface area (Å²) in [6, 6.07) is 16.8. The molecule has 8 nitrogen and oxygen atoms in total. The van der Waals surface area contributed by atoms with Crippen LogP contribution in [0.1, 0.15) is 49.1 Å². The fourth-order valence-corrected chi connectivity index (χ4v) is 6.65. The van der Waals surface area contributed by atoms with Crippen molar-refractivity contribution in [3.8, 4) is 5.75 Å². The SMILES string of the molecule is COc1ccc(CCS(=O)(=O)N[C@@H]2CCN(C(=O)O)[C@@H]2CO[C@H]2CC[C@@H](c3ccccc3)CC2)cc1. The van der Waals surface area contributed by atoms with Gasteiger partial charge in [0.1, 0.15) is 5.75 Å². The van der Waals surface area contributed by atoms with Gasteiger partial charge in [-0.05, 0) is 67.7 Å². The van der Waals surface area contributed by atoms with Gasteiger partial charge in [0.2, 0.25) is 10.0 Å². The van der Waals surface area contributed by atoms with E-state index in [0.29, 0.717) is 18.8 Å². The molecule has 2 atom stereocenters. The van der Waals surface area contributed by atoms with Gasteiger partial charge in [0.15, 0.2) is 0 Å². The van der Waals surface area contributed by atoms with E-state index in [1.165, 1.54) is 10.5 Å². The summed E-state index contributed by atoms with van der Waals surface area (Å²) in [4.78, 5) is 13.1. The van der Waals surface area contributed by atoms with E-state index in [1.54, 1.807) is 19.2 Å². The largest absolute Gasteiger partial charge is 0.497 e. The summed E-state index contributed by atoms with van der Waals surface area (Å²) in [5, 5.41) is 9.68. The number of methoxy groups -OCH3 is 1. The number of hydrogen-bond acceptors (Lipinski definition) is 5. The molecule has 0 aromatic heterocycles. The molecule has 0 radical (unpaired) electrons. The van der Waals surface area contributed by atoms with E-state index >= 15 is 0 Å². The number of rotatable bonds is 10. The van der Waals surface area contributed by atoms with Crippen molar-refractivity contribution in [2.75, 3.05) is 26.0 Å². The first kappa shape index (κ1) is 26.4. The molecule has 2 aliphatic rings. The van der Waals surface area contributed by atoms with Crippen molar-refractivity contribution in [3.63, 3.8) is 0 Å². The molecule has 2 N–H and O–H groups in total. The Morgan fingerprint density at radius 2 is 1.72 bits per heavy atom. The van der Waals surface area contributed by atoms with Crippen LogP contribution >= 0.6 is 0 Å². The van der Waals surface area contributed by atoms with Crippen molar-refractivity contribution in [3.05, 3.63) is 65.7 Å². The van der Waals surface area contributed by atoms with Crippen molar-refractivity contribution in [1.82, 2.24) is 9.62 Å². The van der Waals surface area contributed by atoms with Crippen LogP contribution in [-0.2, 0) is 21.2 Å². The zero-order valence-electron chi connectivity index (χ0n) is 20.7. The van der Waals surface area contributed by atoms with E-state index in [-0.39, 0.29) is 25.0 Å². The third-order valence-corrected chi connectivity index (χ3v) is 8.79. The molecule has 9 heteroatoms. The Morgan fingerprint density at radius 1 is 1.03 bits per heavy atom. The molecule has 36 heavy (non-hydrogen) atoms. The number of likely N-dealkylation sites (tertiary alicyclic amines) is 1. The van der Waals surface area contributed by atoms with E-state index in [2.05, 4.69) is 29.0 Å². The molecule has 196 valence electrons. The highest BCUT2D eigenvalue weighted by Gasteiger charge is 2.40. The molecular weight excluding hydrogens is 480 g/mol. The number of nitrogens with zero attached hydrogens (tertiary/aromatic N) is 1. The molecule has 1 saturated carbocycles. The van der Waals surface area contributed by atoms with Gasteiger partial charge in [-0.2, -0.15) is 0 Å². The van der Waals surface area contributed by atoms with Crippen LogP contribution in [0.2, 0.25) is 0 Å². The topological polar surface area (TPSA) is 105 Å². The predicted molar refractivity (Wildman–Crippen MR) is 138 cm³/mol. The molecule has 1 aliphatic heterocycles. The number of carboxylic acid groups (broad SMARTS) is 1. The van der Waals surface area contributed by atoms with Gasteiger partial charge in [0.25, 0.3) is 0 Å². The van der Waals surface area contributed by atoms with E-state index in [9.17, 15) is 18.3 Å². The third kappa shape index (κ3) is 6.99. The van der Waals surface area contributed by atoms with Gasteiger partial charge in [-0.15, -0.1) is 0 Å². The normalized spacial score (nSPS) is 24.5. The van der Waals surface area contributed by atoms with Crippen LogP contribution in [0.4, 0.5) is 4.79 Å². The third-order valence-electron chi connectivity index (χ3n) is 7.39. The quantitative estimate of drug-likeness (QED) is 0.494. The molecule has 0 unspecified atom stereocenters. The molecule has 1 saturated heterocycles. The van der Waals surface area contributed by atoms with Crippen LogP contribution in [-0.4, -0.2) is 68.7 Å². The maximum absolute atomic E-state index is 12.8. The van der Waals surface area contributed by atoms with Crippen LogP contribution < -0.4 is 9.46 Å². The lowest BCUT2D eigenvalue weighted by Crippen LogP contribution is -2.49. The van der Waals surface area contributed by atoms with Crippen molar-refractivity contribution in [2.45, 2.75) is 62.6 Å². The van der Waals surface area contributed by atoms with Gasteiger partial charge in [0, 0.05) is 12.6 Å². The second-order valence-corrected chi connectivity index (χ2v) is 11.6. The predicted octanol–water partition coefficient (Wildman–Crippen LogP) is 4.02. The Balaban J connectivity index is 1.30. The lowest BCUT2D eigenvalue weighted by molar-refractivity contribution is -0.00402. The number of sulfonamides is 1. The molecule has 1 aliphatic carbocycles. The molecule has 1 amide bonds. The number of aryl methyl sites for hydroxylation is 1. The summed E-state index contributed by atoms with van der Waals surface area (Å²) in [6.45, 7) is 0.481. The fourth-order valence-electron chi connectivity index (χ4n) is 5.29. The Hall–Kier alpha value is -2.62. The Labute approximate surface area is 213 Å². The zero-order valence-corrected chi connectivity index (χ0v) is 21.5. The lowest BCUT2D eigenvalue weighted by Gasteiger charge is -2.32. The summed E-state index contributed by atoms with van der Waals surface area (Å²) >= 11 is 0. The second kappa shape index (κ2) is 12.1. The minimum Gasteiger partial charge on any atom is -0.497 e. The molecule has 0 spiro atoms. The molecule has 1 heterocycles. The number of nitrogens with one attached hydrogen (secondary N) is 1. The summed E-state index contributed by atoms with van der Waals surface area (Å²) in [6.07, 6.45) is 3.70. The summed E-state index contributed by atoms with van der Waals surface area (Å²) in [7, 11) is -2.01. The van der Waals surface area contributed by atoms with Crippen molar-refractivity contribution < 1.29 is 27.8 Å². The highest BCUT2D eigenvalue weighted by atomic mass is 32.2. The van der Waals surface area contributed by atoms with Crippen molar-refractivity contribution >= 4 is 16.1 Å². The molecule has 2 aromatic rings. The van der Waals surface area contributed by atoms with Crippen LogP contribution in [0.5, 0.6) is 5.75 Å². The van der Waals surface area contributed by atoms with Gasteiger partial charge >= 0.3 is 6.09 Å². The van der Waals surface area contributed by atoms with Gasteiger partial charge in [0.05, 0.1) is 31.6 Å². The number of benzene rings is 2. The molecule has 4 rings (SSSR count). The smallest absolute Gasteiger partial charge is 0.407 e. The minimum absolute atomic E-state index is 0.0635. The maximum atomic E-state index is 12.8. The van der Waals surface area contributed by atoms with Gasteiger partial charge in [-0.3, -0.25) is 0 Å². The molecule has 2 aromatic carbocycles. The monoisotopic (exact) mass is 516 g/mol.